The lowest BCUT2D eigenvalue weighted by Crippen LogP contribution is -2.48. The van der Waals surface area contributed by atoms with Crippen molar-refractivity contribution in [3.8, 4) is 16.6 Å². The van der Waals surface area contributed by atoms with Crippen molar-refractivity contribution in [2.75, 3.05) is 11.9 Å². The average Bonchev–Trinajstić information content (AvgIpc) is 3.14. The number of alkyl halides is 1. The van der Waals surface area contributed by atoms with Crippen molar-refractivity contribution in [1.29, 1.82) is 5.26 Å². The van der Waals surface area contributed by atoms with E-state index in [2.05, 4.69) is 26.6 Å². The third kappa shape index (κ3) is 3.38. The van der Waals surface area contributed by atoms with Crippen LogP contribution in [0.4, 0.5) is 13.9 Å². The Hall–Kier alpha value is -2.92. The normalized spacial score (nSPS) is 21.3. The first-order chi connectivity index (χ1) is 13.1. The third-order valence-electron chi connectivity index (χ3n) is 4.73. The average molecular weight is 383 g/mol. The molecule has 2 aromatic heterocycles. The summed E-state index contributed by atoms with van der Waals surface area (Å²) >= 11 is 1.33. The molecular formula is C19H15F2N5S. The third-order valence-corrected chi connectivity index (χ3v) is 5.66. The zero-order valence-electron chi connectivity index (χ0n) is 14.2. The van der Waals surface area contributed by atoms with E-state index in [1.165, 1.54) is 29.7 Å². The highest BCUT2D eigenvalue weighted by Gasteiger charge is 2.48. The van der Waals surface area contributed by atoms with Gasteiger partial charge in [-0.1, -0.05) is 23.5 Å². The minimum absolute atomic E-state index is 0.226. The van der Waals surface area contributed by atoms with Crippen LogP contribution in [0.3, 0.4) is 0 Å². The van der Waals surface area contributed by atoms with Crippen LogP contribution in [0.1, 0.15) is 24.1 Å². The van der Waals surface area contributed by atoms with Crippen LogP contribution in [0.5, 0.6) is 0 Å². The molecule has 1 aliphatic rings. The maximum atomic E-state index is 14.2. The van der Waals surface area contributed by atoms with Gasteiger partial charge in [-0.3, -0.25) is 4.98 Å². The number of nitrogens with one attached hydrogen (secondary N) is 1. The Morgan fingerprint density at radius 2 is 2.11 bits per heavy atom. The summed E-state index contributed by atoms with van der Waals surface area (Å²) < 4.78 is 27.8. The number of hydrogen-bond donors (Lipinski definition) is 1. The molecule has 2 heterocycles. The monoisotopic (exact) mass is 383 g/mol. The second-order valence-electron chi connectivity index (χ2n) is 6.58. The van der Waals surface area contributed by atoms with Crippen molar-refractivity contribution in [2.24, 2.45) is 0 Å². The van der Waals surface area contributed by atoms with Gasteiger partial charge in [0, 0.05) is 23.7 Å². The molecule has 0 aliphatic heterocycles. The minimum Gasteiger partial charge on any atom is -0.359 e. The van der Waals surface area contributed by atoms with Gasteiger partial charge in [0.2, 0.25) is 5.13 Å². The molecule has 8 heteroatoms. The largest absolute Gasteiger partial charge is 0.359 e. The van der Waals surface area contributed by atoms with E-state index in [0.29, 0.717) is 22.2 Å². The Bertz CT molecular complexity index is 1010. The quantitative estimate of drug-likeness (QED) is 0.718. The van der Waals surface area contributed by atoms with Crippen LogP contribution in [-0.4, -0.2) is 27.9 Å². The van der Waals surface area contributed by atoms with E-state index >= 15 is 0 Å². The number of nitrogens with zero attached hydrogens (tertiary/aromatic N) is 4. The second kappa shape index (κ2) is 7.00. The van der Waals surface area contributed by atoms with Gasteiger partial charge in [0.1, 0.15) is 17.0 Å². The van der Waals surface area contributed by atoms with Gasteiger partial charge >= 0.3 is 0 Å². The molecule has 1 saturated carbocycles. The van der Waals surface area contributed by atoms with Crippen molar-refractivity contribution >= 4 is 16.5 Å². The molecule has 4 rings (SSSR count). The standard InChI is InChI=1S/C19H15F2N5S/c20-14-8-19(9-14,16-15(21)5-2-6-23-16)11-24-18-26-25-17(27-18)13-4-1-3-12(7-13)10-22/h1-7,14H,8-9,11H2,(H,24,26). The van der Waals surface area contributed by atoms with E-state index in [9.17, 15) is 8.78 Å². The van der Waals surface area contributed by atoms with E-state index in [-0.39, 0.29) is 18.5 Å². The molecule has 0 unspecified atom stereocenters. The number of rotatable bonds is 5. The molecule has 27 heavy (non-hydrogen) atoms. The summed E-state index contributed by atoms with van der Waals surface area (Å²) in [6.45, 7) is 0.328. The fourth-order valence-electron chi connectivity index (χ4n) is 3.36. The summed E-state index contributed by atoms with van der Waals surface area (Å²) in [5.41, 5.74) is 0.956. The summed E-state index contributed by atoms with van der Waals surface area (Å²) in [6.07, 6.45) is 1.02. The molecule has 0 radical (unpaired) electrons. The molecular weight excluding hydrogens is 368 g/mol. The van der Waals surface area contributed by atoms with Gasteiger partial charge < -0.3 is 5.32 Å². The maximum Gasteiger partial charge on any atom is 0.206 e. The van der Waals surface area contributed by atoms with Crippen LogP contribution in [0.25, 0.3) is 10.6 Å². The fraction of sp³-hybridized carbons (Fsp3) is 0.263. The lowest BCUT2D eigenvalue weighted by Gasteiger charge is -2.43. The first-order valence-electron chi connectivity index (χ1n) is 8.43. The molecule has 1 aliphatic carbocycles. The second-order valence-corrected chi connectivity index (χ2v) is 7.56. The summed E-state index contributed by atoms with van der Waals surface area (Å²) in [5, 5.41) is 21.7. The Morgan fingerprint density at radius 1 is 1.26 bits per heavy atom. The molecule has 0 atom stereocenters. The van der Waals surface area contributed by atoms with E-state index in [0.717, 1.165) is 5.56 Å². The van der Waals surface area contributed by atoms with Gasteiger partial charge in [0.15, 0.2) is 0 Å². The molecule has 0 amide bonds. The van der Waals surface area contributed by atoms with Gasteiger partial charge in [-0.2, -0.15) is 5.26 Å². The predicted octanol–water partition coefficient (Wildman–Crippen LogP) is 4.09. The number of nitriles is 1. The number of benzene rings is 1. The van der Waals surface area contributed by atoms with Gasteiger partial charge in [-0.05, 0) is 37.1 Å². The van der Waals surface area contributed by atoms with Crippen LogP contribution in [-0.2, 0) is 5.41 Å². The molecule has 136 valence electrons. The smallest absolute Gasteiger partial charge is 0.206 e. The molecule has 0 spiro atoms. The summed E-state index contributed by atoms with van der Waals surface area (Å²) in [4.78, 5) is 4.15. The first-order valence-corrected chi connectivity index (χ1v) is 9.24. The lowest BCUT2D eigenvalue weighted by atomic mass is 9.65. The van der Waals surface area contributed by atoms with E-state index in [1.54, 1.807) is 18.2 Å². The van der Waals surface area contributed by atoms with E-state index in [4.69, 9.17) is 5.26 Å². The van der Waals surface area contributed by atoms with Crippen molar-refractivity contribution < 1.29 is 8.78 Å². The van der Waals surface area contributed by atoms with Crippen molar-refractivity contribution in [3.05, 3.63) is 59.7 Å². The van der Waals surface area contributed by atoms with Gasteiger partial charge in [0.05, 0.1) is 17.3 Å². The first kappa shape index (κ1) is 17.5. The Morgan fingerprint density at radius 3 is 2.85 bits per heavy atom. The Kier molecular flexibility index (Phi) is 4.54. The summed E-state index contributed by atoms with van der Waals surface area (Å²) in [5.74, 6) is -0.419. The predicted molar refractivity (Wildman–Crippen MR) is 98.6 cm³/mol. The van der Waals surface area contributed by atoms with Crippen LogP contribution >= 0.6 is 11.3 Å². The van der Waals surface area contributed by atoms with Crippen molar-refractivity contribution in [2.45, 2.75) is 24.4 Å². The Labute approximate surface area is 158 Å². The molecule has 5 nitrogen and oxygen atoms in total. The van der Waals surface area contributed by atoms with Gasteiger partial charge in [0.25, 0.3) is 0 Å². The maximum absolute atomic E-state index is 14.2. The molecule has 1 aromatic carbocycles. The zero-order valence-corrected chi connectivity index (χ0v) is 15.0. The highest BCUT2D eigenvalue weighted by Crippen LogP contribution is 2.45. The minimum atomic E-state index is -0.952. The number of pyridine rings is 1. The van der Waals surface area contributed by atoms with Crippen molar-refractivity contribution in [3.63, 3.8) is 0 Å². The van der Waals surface area contributed by atoms with Crippen molar-refractivity contribution in [1.82, 2.24) is 15.2 Å². The number of anilines is 1. The molecule has 3 aromatic rings. The number of halogens is 2. The summed E-state index contributed by atoms with van der Waals surface area (Å²) in [7, 11) is 0. The molecule has 0 bridgehead atoms. The zero-order chi connectivity index (χ0) is 18.9. The van der Waals surface area contributed by atoms with E-state index < -0.39 is 17.4 Å². The molecule has 1 N–H and O–H groups in total. The van der Waals surface area contributed by atoms with Gasteiger partial charge in [-0.15, -0.1) is 10.2 Å². The summed E-state index contributed by atoms with van der Waals surface area (Å²) in [6, 6.07) is 12.1. The SMILES string of the molecule is N#Cc1cccc(-c2nnc(NCC3(c4ncccc4F)CC(F)C3)s2)c1. The van der Waals surface area contributed by atoms with Crippen LogP contribution in [0, 0.1) is 17.1 Å². The number of hydrogen-bond acceptors (Lipinski definition) is 6. The van der Waals surface area contributed by atoms with Crippen LogP contribution in [0.15, 0.2) is 42.6 Å². The lowest BCUT2D eigenvalue weighted by molar-refractivity contribution is 0.0965. The van der Waals surface area contributed by atoms with Crippen LogP contribution < -0.4 is 5.32 Å². The fourth-order valence-corrected chi connectivity index (χ4v) is 4.10. The highest BCUT2D eigenvalue weighted by molar-refractivity contribution is 7.18. The Balaban J connectivity index is 1.52. The molecule has 1 fully saturated rings. The van der Waals surface area contributed by atoms with Gasteiger partial charge in [-0.25, -0.2) is 8.78 Å². The topological polar surface area (TPSA) is 74.5 Å². The molecule has 0 saturated heterocycles. The number of aromatic nitrogens is 3. The highest BCUT2D eigenvalue weighted by atomic mass is 32.1. The van der Waals surface area contributed by atoms with Crippen LogP contribution in [0.2, 0.25) is 0 Å². The van der Waals surface area contributed by atoms with E-state index in [1.807, 2.05) is 6.07 Å².